The zero-order chi connectivity index (χ0) is 14.5. The third kappa shape index (κ3) is 5.61. The van der Waals surface area contributed by atoms with Gasteiger partial charge >= 0.3 is 6.09 Å². The van der Waals surface area contributed by atoms with E-state index in [-0.39, 0.29) is 12.4 Å². The first kappa shape index (κ1) is 15.3. The Bertz CT molecular complexity index is 438. The van der Waals surface area contributed by atoms with Gasteiger partial charge in [0.15, 0.2) is 0 Å². The molecule has 0 radical (unpaired) electrons. The highest BCUT2D eigenvalue weighted by Crippen LogP contribution is 2.23. The molecule has 0 heterocycles. The molecular formula is C14H21NO4. The summed E-state index contributed by atoms with van der Waals surface area (Å²) in [7, 11) is 0. The molecule has 1 aromatic rings. The highest BCUT2D eigenvalue weighted by molar-refractivity contribution is 5.85. The number of carbonyl (C=O) groups is 1. The quantitative estimate of drug-likeness (QED) is 0.783. The van der Waals surface area contributed by atoms with Gasteiger partial charge in [0.2, 0.25) is 0 Å². The topological polar surface area (TPSA) is 78.8 Å². The average molecular weight is 267 g/mol. The largest absolute Gasteiger partial charge is 0.508 e. The van der Waals surface area contributed by atoms with Crippen molar-refractivity contribution in [1.82, 2.24) is 0 Å². The minimum atomic E-state index is -0.562. The van der Waals surface area contributed by atoms with Crippen LogP contribution in [0.25, 0.3) is 0 Å². The van der Waals surface area contributed by atoms with Gasteiger partial charge in [-0.1, -0.05) is 6.07 Å². The molecule has 1 amide bonds. The number of ether oxygens (including phenoxy) is 1. The SMILES string of the molecule is CC(C)(C)OC(=O)Nc1ccc(CCCO)c(O)c1. The number of aromatic hydroxyl groups is 1. The summed E-state index contributed by atoms with van der Waals surface area (Å²) in [6.45, 7) is 5.42. The second kappa shape index (κ2) is 6.43. The number of aryl methyl sites for hydroxylation is 1. The molecule has 0 saturated heterocycles. The molecule has 1 rings (SSSR count). The number of hydrogen-bond donors (Lipinski definition) is 3. The lowest BCUT2D eigenvalue weighted by atomic mass is 10.1. The number of aliphatic hydroxyl groups excluding tert-OH is 1. The van der Waals surface area contributed by atoms with Gasteiger partial charge in [-0.25, -0.2) is 4.79 Å². The van der Waals surface area contributed by atoms with Gasteiger partial charge in [0, 0.05) is 18.4 Å². The van der Waals surface area contributed by atoms with Gasteiger partial charge in [-0.3, -0.25) is 5.32 Å². The first-order valence-electron chi connectivity index (χ1n) is 6.24. The van der Waals surface area contributed by atoms with Gasteiger partial charge in [-0.2, -0.15) is 0 Å². The Labute approximate surface area is 113 Å². The third-order valence-electron chi connectivity index (χ3n) is 2.33. The average Bonchev–Trinajstić information content (AvgIpc) is 2.25. The highest BCUT2D eigenvalue weighted by atomic mass is 16.6. The van der Waals surface area contributed by atoms with Crippen LogP contribution in [0.2, 0.25) is 0 Å². The lowest BCUT2D eigenvalue weighted by Gasteiger charge is -2.19. The normalized spacial score (nSPS) is 11.2. The van der Waals surface area contributed by atoms with E-state index in [1.54, 1.807) is 32.9 Å². The predicted molar refractivity (Wildman–Crippen MR) is 73.4 cm³/mol. The summed E-state index contributed by atoms with van der Waals surface area (Å²) in [6.07, 6.45) is 0.622. The van der Waals surface area contributed by atoms with Crippen LogP contribution in [0.15, 0.2) is 18.2 Å². The van der Waals surface area contributed by atoms with Crippen molar-refractivity contribution in [3.8, 4) is 5.75 Å². The zero-order valence-electron chi connectivity index (χ0n) is 11.6. The molecule has 0 saturated carbocycles. The first-order chi connectivity index (χ1) is 8.81. The number of amides is 1. The minimum Gasteiger partial charge on any atom is -0.508 e. The van der Waals surface area contributed by atoms with Crippen LogP contribution < -0.4 is 5.32 Å². The number of phenols is 1. The maximum absolute atomic E-state index is 11.5. The van der Waals surface area contributed by atoms with Gasteiger partial charge in [-0.05, 0) is 45.2 Å². The Hall–Kier alpha value is -1.75. The van der Waals surface area contributed by atoms with Crippen LogP contribution in [0.3, 0.4) is 0 Å². The van der Waals surface area contributed by atoms with Crippen LogP contribution in [0.4, 0.5) is 10.5 Å². The number of benzene rings is 1. The summed E-state index contributed by atoms with van der Waals surface area (Å²) in [6, 6.07) is 4.88. The van der Waals surface area contributed by atoms with Crippen molar-refractivity contribution in [1.29, 1.82) is 0 Å². The monoisotopic (exact) mass is 267 g/mol. The Morgan fingerprint density at radius 1 is 1.37 bits per heavy atom. The minimum absolute atomic E-state index is 0.0807. The van der Waals surface area contributed by atoms with E-state index < -0.39 is 11.7 Å². The molecule has 19 heavy (non-hydrogen) atoms. The first-order valence-corrected chi connectivity index (χ1v) is 6.24. The van der Waals surface area contributed by atoms with E-state index in [0.717, 1.165) is 5.56 Å². The zero-order valence-corrected chi connectivity index (χ0v) is 11.6. The Morgan fingerprint density at radius 2 is 2.05 bits per heavy atom. The maximum atomic E-state index is 11.5. The standard InChI is InChI=1S/C14H21NO4/c1-14(2,3)19-13(18)15-11-7-6-10(5-4-8-16)12(17)9-11/h6-7,9,16-17H,4-5,8H2,1-3H3,(H,15,18). The number of rotatable bonds is 4. The summed E-state index contributed by atoms with van der Waals surface area (Å²) in [5.74, 6) is 0.0991. The van der Waals surface area contributed by atoms with Crippen LogP contribution in [0, 0.1) is 0 Å². The molecule has 0 aliphatic rings. The van der Waals surface area contributed by atoms with E-state index >= 15 is 0 Å². The molecule has 0 aliphatic carbocycles. The van der Waals surface area contributed by atoms with E-state index in [1.807, 2.05) is 0 Å². The Balaban J connectivity index is 2.65. The molecule has 3 N–H and O–H groups in total. The van der Waals surface area contributed by atoms with Crippen LogP contribution in [0.5, 0.6) is 5.75 Å². The number of phenolic OH excluding ortho intramolecular Hbond substituents is 1. The summed E-state index contributed by atoms with van der Waals surface area (Å²) in [4.78, 5) is 11.5. The molecule has 1 aromatic carbocycles. The summed E-state index contributed by atoms with van der Waals surface area (Å²) in [5.41, 5.74) is 0.649. The molecule has 0 aromatic heterocycles. The number of carbonyl (C=O) groups excluding carboxylic acids is 1. The Morgan fingerprint density at radius 3 is 2.58 bits per heavy atom. The maximum Gasteiger partial charge on any atom is 0.412 e. The predicted octanol–water partition coefficient (Wildman–Crippen LogP) is 2.66. The van der Waals surface area contributed by atoms with Crippen molar-refractivity contribution in [2.75, 3.05) is 11.9 Å². The second-order valence-electron chi connectivity index (χ2n) is 5.30. The van der Waals surface area contributed by atoms with Crippen LogP contribution >= 0.6 is 0 Å². The van der Waals surface area contributed by atoms with Crippen molar-refractivity contribution in [3.05, 3.63) is 23.8 Å². The molecule has 0 spiro atoms. The van der Waals surface area contributed by atoms with E-state index in [1.165, 1.54) is 6.07 Å². The fourth-order valence-electron chi connectivity index (χ4n) is 1.54. The smallest absolute Gasteiger partial charge is 0.412 e. The molecule has 0 atom stereocenters. The van der Waals surface area contributed by atoms with Gasteiger partial charge in [-0.15, -0.1) is 0 Å². The fraction of sp³-hybridized carbons (Fsp3) is 0.500. The molecule has 5 heteroatoms. The molecule has 0 unspecified atom stereocenters. The van der Waals surface area contributed by atoms with Crippen molar-refractivity contribution < 1.29 is 19.7 Å². The molecule has 0 fully saturated rings. The number of aliphatic hydroxyl groups is 1. The molecule has 0 aliphatic heterocycles. The molecular weight excluding hydrogens is 246 g/mol. The summed E-state index contributed by atoms with van der Waals surface area (Å²) < 4.78 is 5.11. The summed E-state index contributed by atoms with van der Waals surface area (Å²) in [5, 5.41) is 21.1. The van der Waals surface area contributed by atoms with E-state index in [9.17, 15) is 9.90 Å². The lowest BCUT2D eigenvalue weighted by molar-refractivity contribution is 0.0636. The van der Waals surface area contributed by atoms with Crippen LogP contribution in [0.1, 0.15) is 32.8 Å². The Kier molecular flexibility index (Phi) is 5.18. The summed E-state index contributed by atoms with van der Waals surface area (Å²) >= 11 is 0. The van der Waals surface area contributed by atoms with Crippen molar-refractivity contribution in [2.24, 2.45) is 0 Å². The van der Waals surface area contributed by atoms with Gasteiger partial charge in [0.25, 0.3) is 0 Å². The molecule has 0 bridgehead atoms. The van der Waals surface area contributed by atoms with Crippen LogP contribution in [-0.4, -0.2) is 28.5 Å². The van der Waals surface area contributed by atoms with Crippen molar-refractivity contribution in [3.63, 3.8) is 0 Å². The van der Waals surface area contributed by atoms with E-state index in [2.05, 4.69) is 5.32 Å². The number of nitrogens with one attached hydrogen (secondary N) is 1. The fourth-order valence-corrected chi connectivity index (χ4v) is 1.54. The van der Waals surface area contributed by atoms with Crippen molar-refractivity contribution in [2.45, 2.75) is 39.2 Å². The third-order valence-corrected chi connectivity index (χ3v) is 2.33. The van der Waals surface area contributed by atoms with E-state index in [4.69, 9.17) is 9.84 Å². The number of anilines is 1. The second-order valence-corrected chi connectivity index (χ2v) is 5.30. The molecule has 106 valence electrons. The van der Waals surface area contributed by atoms with Crippen molar-refractivity contribution >= 4 is 11.8 Å². The highest BCUT2D eigenvalue weighted by Gasteiger charge is 2.16. The van der Waals surface area contributed by atoms with Gasteiger partial charge in [0.1, 0.15) is 11.4 Å². The van der Waals surface area contributed by atoms with E-state index in [0.29, 0.717) is 18.5 Å². The van der Waals surface area contributed by atoms with Gasteiger partial charge < -0.3 is 14.9 Å². The van der Waals surface area contributed by atoms with Crippen LogP contribution in [-0.2, 0) is 11.2 Å². The van der Waals surface area contributed by atoms with Gasteiger partial charge in [0.05, 0.1) is 0 Å². The molecule has 5 nitrogen and oxygen atoms in total. The number of hydrogen-bond acceptors (Lipinski definition) is 4. The lowest BCUT2D eigenvalue weighted by Crippen LogP contribution is -2.27.